The maximum atomic E-state index is 13.7. The Morgan fingerprint density at radius 2 is 2.11 bits per heavy atom. The third kappa shape index (κ3) is 2.83. The number of hydrogen-bond acceptors (Lipinski definition) is 3. The lowest BCUT2D eigenvalue weighted by Crippen LogP contribution is -2.32. The lowest BCUT2D eigenvalue weighted by atomic mass is 10.2. The van der Waals surface area contributed by atoms with Gasteiger partial charge in [0.25, 0.3) is 0 Å². The summed E-state index contributed by atoms with van der Waals surface area (Å²) in [5, 5.41) is 0. The Bertz CT molecular complexity index is 536. The summed E-state index contributed by atoms with van der Waals surface area (Å²) >= 11 is 0. The highest BCUT2D eigenvalue weighted by Gasteiger charge is 2.32. The third-order valence-electron chi connectivity index (χ3n) is 2.89. The van der Waals surface area contributed by atoms with Crippen LogP contribution in [0.2, 0.25) is 0 Å². The quantitative estimate of drug-likeness (QED) is 0.894. The number of nitrogens with zero attached hydrogens (tertiary/aromatic N) is 1. The van der Waals surface area contributed by atoms with Gasteiger partial charge in [0.05, 0.1) is 0 Å². The van der Waals surface area contributed by atoms with Crippen molar-refractivity contribution in [3.8, 4) is 0 Å². The number of aryl methyl sites for hydroxylation is 1. The first-order valence-corrected chi connectivity index (χ1v) is 6.87. The first-order chi connectivity index (χ1) is 7.91. The number of halogens is 2. The molecule has 102 valence electrons. The molecule has 1 heterocycles. The predicted octanol–water partition coefficient (Wildman–Crippen LogP) is 1.28. The Kier molecular flexibility index (Phi) is 4.72. The number of rotatable bonds is 2. The van der Waals surface area contributed by atoms with E-state index in [9.17, 15) is 12.8 Å². The summed E-state index contributed by atoms with van der Waals surface area (Å²) in [6, 6.07) is 3.97. The van der Waals surface area contributed by atoms with Crippen molar-refractivity contribution in [3.05, 3.63) is 29.6 Å². The Balaban J connectivity index is 0.00000162. The third-order valence-corrected chi connectivity index (χ3v) is 4.79. The number of nitrogens with two attached hydrogens (primary N) is 1. The van der Waals surface area contributed by atoms with Gasteiger partial charge in [-0.1, -0.05) is 6.07 Å². The van der Waals surface area contributed by atoms with Crippen LogP contribution in [0.1, 0.15) is 12.0 Å². The van der Waals surface area contributed by atoms with Gasteiger partial charge in [0.2, 0.25) is 10.0 Å². The van der Waals surface area contributed by atoms with E-state index in [2.05, 4.69) is 0 Å². The maximum absolute atomic E-state index is 13.7. The molecule has 0 unspecified atom stereocenters. The van der Waals surface area contributed by atoms with E-state index in [0.717, 1.165) is 0 Å². The van der Waals surface area contributed by atoms with E-state index in [4.69, 9.17) is 5.73 Å². The molecule has 0 radical (unpaired) electrons. The van der Waals surface area contributed by atoms with E-state index in [1.807, 2.05) is 0 Å². The average Bonchev–Trinajstić information content (AvgIpc) is 2.64. The zero-order valence-electron chi connectivity index (χ0n) is 9.97. The molecule has 1 aliphatic heterocycles. The molecule has 0 spiro atoms. The van der Waals surface area contributed by atoms with Crippen LogP contribution in [0.4, 0.5) is 4.39 Å². The second-order valence-electron chi connectivity index (χ2n) is 4.35. The zero-order chi connectivity index (χ0) is 12.6. The van der Waals surface area contributed by atoms with Crippen molar-refractivity contribution in [1.29, 1.82) is 0 Å². The number of hydrogen-bond donors (Lipinski definition) is 1. The highest BCUT2D eigenvalue weighted by Crippen LogP contribution is 2.23. The van der Waals surface area contributed by atoms with Gasteiger partial charge in [-0.2, -0.15) is 4.31 Å². The molecule has 1 fully saturated rings. The van der Waals surface area contributed by atoms with Crippen LogP contribution in [0, 0.1) is 12.7 Å². The van der Waals surface area contributed by atoms with Gasteiger partial charge in [-0.25, -0.2) is 12.8 Å². The molecule has 1 atom stereocenters. The van der Waals surface area contributed by atoms with E-state index in [-0.39, 0.29) is 29.9 Å². The summed E-state index contributed by atoms with van der Waals surface area (Å²) in [7, 11) is -3.74. The SMILES string of the molecule is Cc1ccc(S(=O)(=O)N2CC[C@@H](N)C2)c(F)c1.Cl. The molecule has 0 amide bonds. The molecule has 0 aromatic heterocycles. The maximum Gasteiger partial charge on any atom is 0.246 e. The first kappa shape index (κ1) is 15.4. The topological polar surface area (TPSA) is 63.4 Å². The fourth-order valence-electron chi connectivity index (χ4n) is 1.93. The van der Waals surface area contributed by atoms with Gasteiger partial charge in [0, 0.05) is 19.1 Å². The lowest BCUT2D eigenvalue weighted by molar-refractivity contribution is 0.465. The molecule has 0 aliphatic carbocycles. The molecule has 18 heavy (non-hydrogen) atoms. The first-order valence-electron chi connectivity index (χ1n) is 5.43. The van der Waals surface area contributed by atoms with Crippen molar-refractivity contribution in [2.75, 3.05) is 13.1 Å². The Hall–Kier alpha value is -0.690. The molecular weight excluding hydrogens is 279 g/mol. The molecule has 1 aromatic rings. The fourth-order valence-corrected chi connectivity index (χ4v) is 3.48. The van der Waals surface area contributed by atoms with Crippen molar-refractivity contribution >= 4 is 22.4 Å². The van der Waals surface area contributed by atoms with Crippen molar-refractivity contribution < 1.29 is 12.8 Å². The summed E-state index contributed by atoms with van der Waals surface area (Å²) in [6.45, 7) is 2.33. The Morgan fingerprint density at radius 1 is 1.44 bits per heavy atom. The van der Waals surface area contributed by atoms with E-state index in [1.54, 1.807) is 13.0 Å². The van der Waals surface area contributed by atoms with Gasteiger partial charge >= 0.3 is 0 Å². The molecule has 0 saturated carbocycles. The Morgan fingerprint density at radius 3 is 2.61 bits per heavy atom. The summed E-state index contributed by atoms with van der Waals surface area (Å²) < 4.78 is 39.2. The molecule has 1 aromatic carbocycles. The fraction of sp³-hybridized carbons (Fsp3) is 0.455. The summed E-state index contributed by atoms with van der Waals surface area (Å²) in [5.74, 6) is -0.703. The minimum Gasteiger partial charge on any atom is -0.326 e. The van der Waals surface area contributed by atoms with E-state index >= 15 is 0 Å². The van der Waals surface area contributed by atoms with Gasteiger partial charge in [-0.15, -0.1) is 12.4 Å². The van der Waals surface area contributed by atoms with Crippen LogP contribution in [0.25, 0.3) is 0 Å². The number of sulfonamides is 1. The minimum atomic E-state index is -3.74. The van der Waals surface area contributed by atoms with Gasteiger partial charge < -0.3 is 5.73 Å². The molecule has 4 nitrogen and oxygen atoms in total. The average molecular weight is 295 g/mol. The van der Waals surface area contributed by atoms with Crippen molar-refractivity contribution in [2.45, 2.75) is 24.3 Å². The van der Waals surface area contributed by atoms with Crippen LogP contribution in [-0.2, 0) is 10.0 Å². The van der Waals surface area contributed by atoms with Crippen LogP contribution in [0.5, 0.6) is 0 Å². The van der Waals surface area contributed by atoms with E-state index in [1.165, 1.54) is 16.4 Å². The number of benzene rings is 1. The molecule has 1 aliphatic rings. The van der Waals surface area contributed by atoms with E-state index < -0.39 is 15.8 Å². The van der Waals surface area contributed by atoms with Crippen molar-refractivity contribution in [1.82, 2.24) is 4.31 Å². The van der Waals surface area contributed by atoms with Crippen LogP contribution >= 0.6 is 12.4 Å². The highest BCUT2D eigenvalue weighted by molar-refractivity contribution is 7.89. The normalized spacial score (nSPS) is 20.7. The molecule has 2 rings (SSSR count). The van der Waals surface area contributed by atoms with Crippen LogP contribution in [-0.4, -0.2) is 31.9 Å². The smallest absolute Gasteiger partial charge is 0.246 e. The second-order valence-corrected chi connectivity index (χ2v) is 6.25. The summed E-state index contributed by atoms with van der Waals surface area (Å²) in [5.41, 5.74) is 6.36. The predicted molar refractivity (Wildman–Crippen MR) is 69.7 cm³/mol. The standard InChI is InChI=1S/C11H15FN2O2S.ClH/c1-8-2-3-11(10(12)6-8)17(15,16)14-5-4-9(13)7-14;/h2-3,6,9H,4-5,7,13H2,1H3;1H/t9-;/m1./s1. The van der Waals surface area contributed by atoms with Gasteiger partial charge in [0.15, 0.2) is 0 Å². The van der Waals surface area contributed by atoms with Crippen molar-refractivity contribution in [3.63, 3.8) is 0 Å². The lowest BCUT2D eigenvalue weighted by Gasteiger charge is -2.16. The molecule has 0 bridgehead atoms. The summed E-state index contributed by atoms with van der Waals surface area (Å²) in [4.78, 5) is -0.266. The molecular formula is C11H16ClFN2O2S. The van der Waals surface area contributed by atoms with Crippen LogP contribution in [0.15, 0.2) is 23.1 Å². The van der Waals surface area contributed by atoms with Gasteiger partial charge in [0.1, 0.15) is 10.7 Å². The minimum absolute atomic E-state index is 0. The summed E-state index contributed by atoms with van der Waals surface area (Å²) in [6.07, 6.45) is 0.618. The van der Waals surface area contributed by atoms with Gasteiger partial charge in [-0.3, -0.25) is 0 Å². The van der Waals surface area contributed by atoms with E-state index in [0.29, 0.717) is 18.5 Å². The molecule has 7 heteroatoms. The molecule has 2 N–H and O–H groups in total. The van der Waals surface area contributed by atoms with Crippen LogP contribution < -0.4 is 5.73 Å². The largest absolute Gasteiger partial charge is 0.326 e. The Labute approximate surface area is 112 Å². The zero-order valence-corrected chi connectivity index (χ0v) is 11.6. The van der Waals surface area contributed by atoms with Crippen LogP contribution in [0.3, 0.4) is 0 Å². The van der Waals surface area contributed by atoms with Crippen molar-refractivity contribution in [2.24, 2.45) is 5.73 Å². The van der Waals surface area contributed by atoms with Gasteiger partial charge in [-0.05, 0) is 31.0 Å². The second kappa shape index (κ2) is 5.52. The monoisotopic (exact) mass is 294 g/mol. The molecule has 1 saturated heterocycles. The highest BCUT2D eigenvalue weighted by atomic mass is 35.5.